The number of ketones is 1. The first-order valence-corrected chi connectivity index (χ1v) is 7.60. The molecular weight excluding hydrogens is 316 g/mol. The largest absolute Gasteiger partial charge is 0.503 e. The van der Waals surface area contributed by atoms with E-state index in [1.807, 2.05) is 13.0 Å². The highest BCUT2D eigenvalue weighted by molar-refractivity contribution is 6.32. The number of hydrogen-bond donors (Lipinski definition) is 1. The van der Waals surface area contributed by atoms with Crippen LogP contribution in [0.4, 0.5) is 0 Å². The second-order valence-corrected chi connectivity index (χ2v) is 5.47. The lowest BCUT2D eigenvalue weighted by Crippen LogP contribution is -2.18. The summed E-state index contributed by atoms with van der Waals surface area (Å²) in [5.41, 5.74) is 1.73. The highest BCUT2D eigenvalue weighted by Gasteiger charge is 2.23. The van der Waals surface area contributed by atoms with Crippen molar-refractivity contribution in [3.05, 3.63) is 58.1 Å². The number of halogens is 1. The van der Waals surface area contributed by atoms with Gasteiger partial charge in [0.2, 0.25) is 0 Å². The van der Waals surface area contributed by atoms with Gasteiger partial charge in [0.05, 0.1) is 17.2 Å². The maximum absolute atomic E-state index is 12.5. The zero-order valence-corrected chi connectivity index (χ0v) is 13.3. The zero-order chi connectivity index (χ0) is 16.4. The third-order valence-electron chi connectivity index (χ3n) is 3.50. The molecule has 23 heavy (non-hydrogen) atoms. The number of aromatic hydroxyl groups is 1. The molecule has 0 bridgehead atoms. The van der Waals surface area contributed by atoms with Gasteiger partial charge in [-0.3, -0.25) is 4.79 Å². The third kappa shape index (κ3) is 3.03. The van der Waals surface area contributed by atoms with Gasteiger partial charge in [-0.15, -0.1) is 0 Å². The van der Waals surface area contributed by atoms with Gasteiger partial charge in [0.1, 0.15) is 12.4 Å². The summed E-state index contributed by atoms with van der Waals surface area (Å²) in [4.78, 5) is 12.5. The van der Waals surface area contributed by atoms with E-state index in [1.165, 1.54) is 0 Å². The van der Waals surface area contributed by atoms with Crippen molar-refractivity contribution in [2.45, 2.75) is 6.92 Å². The highest BCUT2D eigenvalue weighted by Crippen LogP contribution is 2.36. The van der Waals surface area contributed by atoms with Crippen LogP contribution >= 0.6 is 11.6 Å². The molecule has 1 N–H and O–H groups in total. The van der Waals surface area contributed by atoms with Gasteiger partial charge in [0.15, 0.2) is 17.3 Å². The number of hydrogen-bond acceptors (Lipinski definition) is 4. The van der Waals surface area contributed by atoms with Gasteiger partial charge in [0.25, 0.3) is 0 Å². The molecule has 0 radical (unpaired) electrons. The van der Waals surface area contributed by atoms with Crippen LogP contribution < -0.4 is 9.47 Å². The summed E-state index contributed by atoms with van der Waals surface area (Å²) in [6.45, 7) is 2.41. The van der Waals surface area contributed by atoms with Gasteiger partial charge >= 0.3 is 0 Å². The van der Waals surface area contributed by atoms with E-state index < -0.39 is 0 Å². The molecule has 3 rings (SSSR count). The Morgan fingerprint density at radius 3 is 2.91 bits per heavy atom. The summed E-state index contributed by atoms with van der Waals surface area (Å²) in [5.74, 6) is 0.700. The molecule has 0 saturated carbocycles. The number of benzene rings is 2. The molecule has 0 spiro atoms. The van der Waals surface area contributed by atoms with Crippen molar-refractivity contribution < 1.29 is 19.4 Å². The molecule has 2 aromatic rings. The van der Waals surface area contributed by atoms with Gasteiger partial charge in [0, 0.05) is 5.57 Å². The fourth-order valence-electron chi connectivity index (χ4n) is 2.43. The summed E-state index contributed by atoms with van der Waals surface area (Å²) in [7, 11) is 0. The van der Waals surface area contributed by atoms with E-state index in [1.54, 1.807) is 36.4 Å². The molecule has 1 heterocycles. The van der Waals surface area contributed by atoms with E-state index in [0.29, 0.717) is 29.1 Å². The van der Waals surface area contributed by atoms with Crippen molar-refractivity contribution in [2.75, 3.05) is 13.2 Å². The first kappa shape index (κ1) is 15.4. The van der Waals surface area contributed by atoms with E-state index in [0.717, 1.165) is 0 Å². The monoisotopic (exact) mass is 330 g/mol. The molecule has 0 atom stereocenters. The molecule has 2 aromatic carbocycles. The molecule has 0 amide bonds. The average Bonchev–Trinajstić information content (AvgIpc) is 2.55. The molecule has 0 aliphatic carbocycles. The van der Waals surface area contributed by atoms with Crippen LogP contribution in [0.25, 0.3) is 6.08 Å². The number of ether oxygens (including phenoxy) is 2. The van der Waals surface area contributed by atoms with Crippen LogP contribution in [-0.4, -0.2) is 24.1 Å². The van der Waals surface area contributed by atoms with Crippen molar-refractivity contribution in [3.63, 3.8) is 0 Å². The number of fused-ring (bicyclic) bond motifs is 1. The number of rotatable bonds is 3. The number of Topliss-reactive ketones (excluding diaryl/α,β-unsaturated/α-hetero) is 1. The van der Waals surface area contributed by atoms with E-state index in [2.05, 4.69) is 0 Å². The number of para-hydroxylation sites is 1. The minimum Gasteiger partial charge on any atom is -0.503 e. The average molecular weight is 331 g/mol. The van der Waals surface area contributed by atoms with Gasteiger partial charge in [-0.25, -0.2) is 0 Å². The summed E-state index contributed by atoms with van der Waals surface area (Å²) < 4.78 is 11.0. The Morgan fingerprint density at radius 1 is 1.35 bits per heavy atom. The molecular formula is C18H15ClO4. The molecule has 1 aliphatic heterocycles. The van der Waals surface area contributed by atoms with Crippen LogP contribution in [0.15, 0.2) is 42.0 Å². The quantitative estimate of drug-likeness (QED) is 0.861. The smallest absolute Gasteiger partial charge is 0.196 e. The van der Waals surface area contributed by atoms with Crippen LogP contribution in [0.5, 0.6) is 17.2 Å². The lowest BCUT2D eigenvalue weighted by molar-refractivity contribution is 0.100. The molecule has 0 unspecified atom stereocenters. The minimum atomic E-state index is -0.104. The van der Waals surface area contributed by atoms with Gasteiger partial charge in [-0.1, -0.05) is 23.7 Å². The summed E-state index contributed by atoms with van der Waals surface area (Å²) in [6.07, 6.45) is 1.70. The Bertz CT molecular complexity index is 796. The summed E-state index contributed by atoms with van der Waals surface area (Å²) in [5, 5.41) is 10.0. The molecule has 4 nitrogen and oxygen atoms in total. The lowest BCUT2D eigenvalue weighted by Gasteiger charge is -2.18. The fraction of sp³-hybridized carbons (Fsp3) is 0.167. The van der Waals surface area contributed by atoms with E-state index in [-0.39, 0.29) is 28.9 Å². The first-order valence-electron chi connectivity index (χ1n) is 7.22. The van der Waals surface area contributed by atoms with Crippen molar-refractivity contribution >= 4 is 23.5 Å². The molecule has 5 heteroatoms. The second kappa shape index (κ2) is 6.34. The molecule has 0 aromatic heterocycles. The third-order valence-corrected chi connectivity index (χ3v) is 3.79. The summed E-state index contributed by atoms with van der Waals surface area (Å²) in [6, 6.07) is 10.4. The SMILES string of the molecule is CCOc1cc(/C=C2\COc3ccccc3C2=O)cc(Cl)c1O. The Morgan fingerprint density at radius 2 is 2.13 bits per heavy atom. The molecule has 0 fully saturated rings. The number of phenols is 1. The van der Waals surface area contributed by atoms with Gasteiger partial charge in [-0.05, 0) is 42.8 Å². The van der Waals surface area contributed by atoms with E-state index >= 15 is 0 Å². The van der Waals surface area contributed by atoms with Crippen molar-refractivity contribution in [1.29, 1.82) is 0 Å². The van der Waals surface area contributed by atoms with Crippen LogP contribution in [-0.2, 0) is 0 Å². The normalized spacial score (nSPS) is 15.2. The number of carbonyl (C=O) groups is 1. The van der Waals surface area contributed by atoms with E-state index in [4.69, 9.17) is 21.1 Å². The Kier molecular flexibility index (Phi) is 4.26. The summed E-state index contributed by atoms with van der Waals surface area (Å²) >= 11 is 6.01. The van der Waals surface area contributed by atoms with Crippen molar-refractivity contribution in [1.82, 2.24) is 0 Å². The van der Waals surface area contributed by atoms with Crippen LogP contribution in [0, 0.1) is 0 Å². The Labute approximate surface area is 138 Å². The number of carbonyl (C=O) groups excluding carboxylic acids is 1. The van der Waals surface area contributed by atoms with Crippen LogP contribution in [0.3, 0.4) is 0 Å². The van der Waals surface area contributed by atoms with E-state index in [9.17, 15) is 9.90 Å². The fourth-order valence-corrected chi connectivity index (χ4v) is 2.64. The Hall–Kier alpha value is -2.46. The maximum Gasteiger partial charge on any atom is 0.196 e. The second-order valence-electron chi connectivity index (χ2n) is 5.07. The Balaban J connectivity index is 1.98. The van der Waals surface area contributed by atoms with Gasteiger partial charge < -0.3 is 14.6 Å². The lowest BCUT2D eigenvalue weighted by atomic mass is 9.98. The topological polar surface area (TPSA) is 55.8 Å². The van der Waals surface area contributed by atoms with Crippen LogP contribution in [0.2, 0.25) is 5.02 Å². The van der Waals surface area contributed by atoms with Gasteiger partial charge in [-0.2, -0.15) is 0 Å². The highest BCUT2D eigenvalue weighted by atomic mass is 35.5. The predicted molar refractivity (Wildman–Crippen MR) is 88.5 cm³/mol. The van der Waals surface area contributed by atoms with Crippen molar-refractivity contribution in [3.8, 4) is 17.2 Å². The molecule has 1 aliphatic rings. The molecule has 118 valence electrons. The zero-order valence-electron chi connectivity index (χ0n) is 12.5. The van der Waals surface area contributed by atoms with Crippen LogP contribution in [0.1, 0.15) is 22.8 Å². The number of phenolic OH excluding ortho intramolecular Hbond substituents is 1. The predicted octanol–water partition coefficient (Wildman–Crippen LogP) is 4.10. The maximum atomic E-state index is 12.5. The molecule has 0 saturated heterocycles. The standard InChI is InChI=1S/C18H15ClO4/c1-2-22-16-9-11(8-14(19)18(16)21)7-12-10-23-15-6-4-3-5-13(15)17(12)20/h3-9,21H,2,10H2,1H3/b12-7+. The van der Waals surface area contributed by atoms with Crippen molar-refractivity contribution in [2.24, 2.45) is 0 Å². The minimum absolute atomic E-state index is 0.0750. The first-order chi connectivity index (χ1) is 11.1.